The van der Waals surface area contributed by atoms with Crippen molar-refractivity contribution in [3.05, 3.63) is 0 Å². The van der Waals surface area contributed by atoms with E-state index in [-0.39, 0.29) is 0 Å². The Morgan fingerprint density at radius 3 is 2.00 bits per heavy atom. The first kappa shape index (κ1) is 18.1. The molecule has 2 unspecified atom stereocenters. The van der Waals surface area contributed by atoms with Gasteiger partial charge in [0.1, 0.15) is 24.9 Å². The van der Waals surface area contributed by atoms with Gasteiger partial charge in [0.2, 0.25) is 5.79 Å². The molecule has 0 bridgehead atoms. The zero-order chi connectivity index (χ0) is 15.8. The van der Waals surface area contributed by atoms with Crippen molar-refractivity contribution >= 4 is 15.6 Å². The summed E-state index contributed by atoms with van der Waals surface area (Å²) < 4.78 is 33.6. The highest BCUT2D eigenvalue weighted by atomic mass is 31.2. The fourth-order valence-corrected chi connectivity index (χ4v) is 2.17. The number of phosphoric ester groups is 2. The Hall–Kier alpha value is 0.0600. The highest BCUT2D eigenvalue weighted by molar-refractivity contribution is 7.46. The maximum Gasteiger partial charge on any atom is 0.469 e. The Kier molecular flexibility index (Phi) is 5.48. The van der Waals surface area contributed by atoms with Gasteiger partial charge in [0.05, 0.1) is 6.61 Å². The van der Waals surface area contributed by atoms with Gasteiger partial charge in [0.15, 0.2) is 0 Å². The minimum absolute atomic E-state index is 0.874. The van der Waals surface area contributed by atoms with Gasteiger partial charge in [-0.15, -0.1) is 0 Å². The summed E-state index contributed by atoms with van der Waals surface area (Å²) in [6.45, 7) is -2.05. The fourth-order valence-electron chi connectivity index (χ4n) is 1.47. The van der Waals surface area contributed by atoms with Gasteiger partial charge in [-0.1, -0.05) is 0 Å². The Morgan fingerprint density at radius 2 is 1.55 bits per heavy atom. The van der Waals surface area contributed by atoms with Crippen LogP contribution in [0.3, 0.4) is 0 Å². The van der Waals surface area contributed by atoms with Crippen LogP contribution in [0.2, 0.25) is 0 Å². The molecule has 0 amide bonds. The van der Waals surface area contributed by atoms with E-state index in [0.29, 0.717) is 0 Å². The number of hydrogen-bond acceptors (Lipinski definition) is 8. The molecule has 0 aromatic heterocycles. The Balaban J connectivity index is 2.67. The van der Waals surface area contributed by atoms with Crippen LogP contribution in [-0.4, -0.2) is 72.2 Å². The summed E-state index contributed by atoms with van der Waals surface area (Å²) in [6.07, 6.45) is -5.38. The second-order valence-corrected chi connectivity index (χ2v) is 6.47. The molecule has 0 spiro atoms. The summed E-state index contributed by atoms with van der Waals surface area (Å²) in [7, 11) is -9.82. The van der Waals surface area contributed by atoms with Crippen LogP contribution in [0.4, 0.5) is 0 Å². The van der Waals surface area contributed by atoms with Crippen LogP contribution in [0.25, 0.3) is 0 Å². The van der Waals surface area contributed by atoms with E-state index in [1.54, 1.807) is 0 Å². The van der Waals surface area contributed by atoms with Crippen LogP contribution in [-0.2, 0) is 22.9 Å². The molecule has 120 valence electrons. The fraction of sp³-hybridized carbons (Fsp3) is 1.00. The lowest BCUT2D eigenvalue weighted by Crippen LogP contribution is -2.46. The number of phosphoric acid groups is 2. The minimum Gasteiger partial charge on any atom is -0.387 e. The van der Waals surface area contributed by atoms with Gasteiger partial charge >= 0.3 is 15.6 Å². The first-order valence-corrected chi connectivity index (χ1v) is 8.07. The third-order valence-corrected chi connectivity index (χ3v) is 3.32. The average molecular weight is 340 g/mol. The van der Waals surface area contributed by atoms with Gasteiger partial charge in [0.25, 0.3) is 0 Å². The molecule has 0 aliphatic carbocycles. The molecular formula is C6H14O12P2. The molecule has 0 aromatic rings. The van der Waals surface area contributed by atoms with Crippen molar-refractivity contribution < 1.29 is 57.8 Å². The second-order valence-electron chi connectivity index (χ2n) is 3.99. The summed E-state index contributed by atoms with van der Waals surface area (Å²) in [5, 5.41) is 28.8. The lowest BCUT2D eigenvalue weighted by Gasteiger charge is -2.25. The van der Waals surface area contributed by atoms with Crippen LogP contribution in [0, 0.1) is 0 Å². The van der Waals surface area contributed by atoms with Crippen molar-refractivity contribution in [1.82, 2.24) is 0 Å². The van der Waals surface area contributed by atoms with Crippen molar-refractivity contribution in [1.29, 1.82) is 0 Å². The average Bonchev–Trinajstić information content (AvgIpc) is 2.48. The van der Waals surface area contributed by atoms with Crippen LogP contribution in [0.5, 0.6) is 0 Å². The summed E-state index contributed by atoms with van der Waals surface area (Å²) in [6, 6.07) is 0. The molecule has 20 heavy (non-hydrogen) atoms. The highest BCUT2D eigenvalue weighted by Crippen LogP contribution is 2.41. The molecule has 7 N–H and O–H groups in total. The van der Waals surface area contributed by atoms with E-state index < -0.39 is 53.0 Å². The maximum absolute atomic E-state index is 10.5. The third kappa shape index (κ3) is 5.11. The lowest BCUT2D eigenvalue weighted by molar-refractivity contribution is -0.245. The molecule has 1 fully saturated rings. The van der Waals surface area contributed by atoms with Crippen LogP contribution >= 0.6 is 15.6 Å². The maximum atomic E-state index is 10.5. The van der Waals surface area contributed by atoms with Crippen LogP contribution < -0.4 is 0 Å². The highest BCUT2D eigenvalue weighted by Gasteiger charge is 2.54. The topological polar surface area (TPSA) is 203 Å². The Morgan fingerprint density at radius 1 is 1.05 bits per heavy atom. The van der Waals surface area contributed by atoms with E-state index in [4.69, 9.17) is 19.6 Å². The van der Waals surface area contributed by atoms with Crippen molar-refractivity contribution in [3.8, 4) is 0 Å². The summed E-state index contributed by atoms with van der Waals surface area (Å²) in [4.78, 5) is 33.9. The van der Waals surface area contributed by atoms with E-state index >= 15 is 0 Å². The van der Waals surface area contributed by atoms with Crippen LogP contribution in [0.15, 0.2) is 0 Å². The molecule has 1 heterocycles. The van der Waals surface area contributed by atoms with Crippen LogP contribution in [0.1, 0.15) is 0 Å². The monoisotopic (exact) mass is 340 g/mol. The predicted molar refractivity (Wildman–Crippen MR) is 57.8 cm³/mol. The van der Waals surface area contributed by atoms with Gasteiger partial charge in [-0.3, -0.25) is 9.05 Å². The van der Waals surface area contributed by atoms with Crippen molar-refractivity contribution in [2.75, 3.05) is 13.2 Å². The predicted octanol–water partition coefficient (Wildman–Crippen LogP) is -2.99. The molecule has 12 nitrogen and oxygen atoms in total. The standard InChI is InChI=1S/C6H14O12P2/c7-4-3(1-16-19(10,11)12)18-6(9,5(4)8)2-17-20(13,14)15/h3-5,7-9H,1-2H2,(H2,10,11,12)(H2,13,14,15)/t3-,4?,5?,6-/m0/s1. The molecule has 4 atom stereocenters. The van der Waals surface area contributed by atoms with Gasteiger partial charge in [-0.05, 0) is 0 Å². The molecule has 14 heteroatoms. The lowest BCUT2D eigenvalue weighted by atomic mass is 10.1. The first-order valence-electron chi connectivity index (χ1n) is 5.00. The number of rotatable bonds is 6. The Labute approximate surface area is 112 Å². The summed E-state index contributed by atoms with van der Waals surface area (Å²) in [5.41, 5.74) is 0. The van der Waals surface area contributed by atoms with E-state index in [2.05, 4.69) is 13.8 Å². The summed E-state index contributed by atoms with van der Waals surface area (Å²) >= 11 is 0. The molecule has 1 rings (SSSR count). The largest absolute Gasteiger partial charge is 0.469 e. The van der Waals surface area contributed by atoms with E-state index in [1.165, 1.54) is 0 Å². The van der Waals surface area contributed by atoms with E-state index in [9.17, 15) is 24.4 Å². The summed E-state index contributed by atoms with van der Waals surface area (Å²) in [5.74, 6) is -2.66. The molecule has 0 aromatic carbocycles. The van der Waals surface area contributed by atoms with Gasteiger partial charge < -0.3 is 39.6 Å². The van der Waals surface area contributed by atoms with E-state index in [0.717, 1.165) is 0 Å². The minimum atomic E-state index is -4.96. The number of aliphatic hydroxyl groups is 3. The molecule has 1 saturated heterocycles. The zero-order valence-corrected chi connectivity index (χ0v) is 11.5. The Bertz CT molecular complexity index is 428. The van der Waals surface area contributed by atoms with Gasteiger partial charge in [0, 0.05) is 0 Å². The second kappa shape index (κ2) is 6.05. The van der Waals surface area contributed by atoms with Gasteiger partial charge in [-0.2, -0.15) is 0 Å². The quantitative estimate of drug-likeness (QED) is 0.242. The number of hydrogen-bond donors (Lipinski definition) is 7. The number of aliphatic hydroxyl groups excluding tert-OH is 2. The van der Waals surface area contributed by atoms with Crippen molar-refractivity contribution in [2.24, 2.45) is 0 Å². The smallest absolute Gasteiger partial charge is 0.387 e. The SMILES string of the molecule is O=P(O)(O)OC[C@@H]1O[C@@](O)(COP(=O)(O)O)C(O)C1O. The number of ether oxygens (including phenoxy) is 1. The molecule has 1 aliphatic heterocycles. The zero-order valence-electron chi connectivity index (χ0n) is 9.71. The van der Waals surface area contributed by atoms with Crippen molar-refractivity contribution in [2.45, 2.75) is 24.1 Å². The molecule has 1 aliphatic rings. The third-order valence-electron chi connectivity index (χ3n) is 2.37. The van der Waals surface area contributed by atoms with E-state index in [1.807, 2.05) is 0 Å². The van der Waals surface area contributed by atoms with Crippen molar-refractivity contribution in [3.63, 3.8) is 0 Å². The molecule has 0 radical (unpaired) electrons. The first-order chi connectivity index (χ1) is 8.84. The normalized spacial score (nSPS) is 35.5. The van der Waals surface area contributed by atoms with Gasteiger partial charge in [-0.25, -0.2) is 9.13 Å². The molecule has 0 saturated carbocycles. The molecular weight excluding hydrogens is 326 g/mol.